The molecule has 0 saturated heterocycles. The molecule has 0 aliphatic heterocycles. The lowest BCUT2D eigenvalue weighted by Crippen LogP contribution is -1.92. The van der Waals surface area contributed by atoms with Crippen LogP contribution >= 0.6 is 11.3 Å². The Balaban J connectivity index is 0.909. The Morgan fingerprint density at radius 1 is 0.233 bits per heavy atom. The third-order valence-electron chi connectivity index (χ3n) is 14.7. The van der Waals surface area contributed by atoms with Crippen molar-refractivity contribution < 1.29 is 0 Å². The molecule has 0 saturated carbocycles. The molecule has 0 aliphatic rings. The van der Waals surface area contributed by atoms with Crippen molar-refractivity contribution in [3.63, 3.8) is 0 Å². The van der Waals surface area contributed by atoms with E-state index in [9.17, 15) is 0 Å². The number of fused-ring (bicyclic) bond motifs is 15. The Kier molecular flexibility index (Phi) is 9.41. The van der Waals surface area contributed by atoms with Crippen LogP contribution in [-0.2, 0) is 0 Å². The van der Waals surface area contributed by atoms with E-state index in [2.05, 4.69) is 231 Å². The van der Waals surface area contributed by atoms with Crippen LogP contribution in [0.5, 0.6) is 0 Å². The second-order valence-electron chi connectivity index (χ2n) is 18.9. The summed E-state index contributed by atoms with van der Waals surface area (Å²) < 4.78 is 2.52. The van der Waals surface area contributed by atoms with Gasteiger partial charge in [0.2, 0.25) is 0 Å². The number of hydrogen-bond donors (Lipinski definition) is 0. The molecule has 0 atom stereocenters. The maximum Gasteiger partial charge on any atom is 0.0979 e. The van der Waals surface area contributed by atoms with Crippen LogP contribution in [0.3, 0.4) is 0 Å². The molecule has 0 N–H and O–H groups in total. The molecule has 3 aromatic heterocycles. The van der Waals surface area contributed by atoms with Gasteiger partial charge in [-0.25, -0.2) is 9.97 Å². The van der Waals surface area contributed by atoms with Gasteiger partial charge in [0.1, 0.15) is 0 Å². The van der Waals surface area contributed by atoms with Crippen LogP contribution in [0.2, 0.25) is 0 Å². The van der Waals surface area contributed by atoms with Crippen LogP contribution in [0.25, 0.3) is 152 Å². The zero-order valence-corrected chi connectivity index (χ0v) is 40.1. The molecule has 0 amide bonds. The van der Waals surface area contributed by atoms with E-state index in [0.717, 1.165) is 88.4 Å². The van der Waals surface area contributed by atoms with E-state index in [1.807, 2.05) is 23.7 Å². The summed E-state index contributed by atoms with van der Waals surface area (Å²) >= 11 is 1.88. The molecule has 15 rings (SSSR count). The van der Waals surface area contributed by atoms with Gasteiger partial charge in [0.15, 0.2) is 0 Å². The minimum atomic E-state index is 0.844. The first-order chi connectivity index (χ1) is 36.2. The van der Waals surface area contributed by atoms with Crippen molar-refractivity contribution in [2.75, 3.05) is 0 Å². The second kappa shape index (κ2) is 16.6. The summed E-state index contributed by atoms with van der Waals surface area (Å²) in [4.78, 5) is 21.0. The number of benzene rings is 12. The summed E-state index contributed by atoms with van der Waals surface area (Å²) in [6.07, 6.45) is 3.87. The van der Waals surface area contributed by atoms with E-state index in [0.29, 0.717) is 0 Å². The average molecular weight is 945 g/mol. The van der Waals surface area contributed by atoms with Crippen LogP contribution in [0.15, 0.2) is 243 Å². The molecule has 0 radical (unpaired) electrons. The molecular weight excluding hydrogens is 905 g/mol. The van der Waals surface area contributed by atoms with Crippen molar-refractivity contribution in [2.24, 2.45) is 0 Å². The van der Waals surface area contributed by atoms with Gasteiger partial charge in [0.25, 0.3) is 0 Å². The van der Waals surface area contributed by atoms with Crippen molar-refractivity contribution in [1.82, 2.24) is 19.9 Å². The van der Waals surface area contributed by atoms with E-state index < -0.39 is 0 Å². The molecule has 338 valence electrons. The van der Waals surface area contributed by atoms with Gasteiger partial charge >= 0.3 is 0 Å². The molecular formula is C68H40N4S. The predicted molar refractivity (Wildman–Crippen MR) is 308 cm³/mol. The van der Waals surface area contributed by atoms with Gasteiger partial charge in [-0.15, -0.1) is 11.3 Å². The topological polar surface area (TPSA) is 51.6 Å². The maximum atomic E-state index is 5.38. The molecule has 73 heavy (non-hydrogen) atoms. The third-order valence-corrected chi connectivity index (χ3v) is 16.0. The number of aromatic nitrogens is 4. The molecule has 0 unspecified atom stereocenters. The molecule has 5 heteroatoms. The largest absolute Gasteiger partial charge is 0.252 e. The lowest BCUT2D eigenvalue weighted by Gasteiger charge is -2.12. The standard InChI is InChI=1S/C68H40N4S/c1-3-17-41(18-4-1)57-35-47(43-21-15-23-45(33-43)61-39-69-63-53-29-11-7-25-49(53)51-27-9-13-31-55(51)65(63)71-61)37-59-60-38-48(36-58(68(60)73-67(57)59)42-19-5-2-6-20-42)44-22-16-24-46(34-44)62-40-70-64-54-30-12-8-26-50(54)52-28-10-14-32-56(52)66(64)72-62/h1-40H. The summed E-state index contributed by atoms with van der Waals surface area (Å²) in [5.74, 6) is 0. The Morgan fingerprint density at radius 2 is 0.562 bits per heavy atom. The normalized spacial score (nSPS) is 11.8. The third kappa shape index (κ3) is 6.74. The fraction of sp³-hybridized carbons (Fsp3) is 0. The van der Waals surface area contributed by atoms with Gasteiger partial charge < -0.3 is 0 Å². The SMILES string of the molecule is c1ccc(-c2cc(-c3cccc(-c4cnc5c6ccccc6c6ccccc6c5n4)c3)cc3c2sc2c(-c4ccccc4)cc(-c4cccc(-c5cnc6c7ccccc7c7ccccc7c6n5)c4)cc23)cc1. The molecule has 0 aliphatic carbocycles. The zero-order valence-electron chi connectivity index (χ0n) is 39.3. The van der Waals surface area contributed by atoms with E-state index in [-0.39, 0.29) is 0 Å². The monoisotopic (exact) mass is 944 g/mol. The Hall–Kier alpha value is -9.42. The Morgan fingerprint density at radius 3 is 0.959 bits per heavy atom. The number of nitrogens with zero attached hydrogens (tertiary/aromatic N) is 4. The molecule has 0 spiro atoms. The Labute approximate surface area is 424 Å². The fourth-order valence-corrected chi connectivity index (χ4v) is 12.6. The van der Waals surface area contributed by atoms with Crippen molar-refractivity contribution in [1.29, 1.82) is 0 Å². The molecule has 15 aromatic rings. The highest BCUT2D eigenvalue weighted by Gasteiger charge is 2.20. The van der Waals surface area contributed by atoms with Crippen molar-refractivity contribution in [2.45, 2.75) is 0 Å². The second-order valence-corrected chi connectivity index (χ2v) is 19.9. The van der Waals surface area contributed by atoms with Gasteiger partial charge in [-0.1, -0.05) is 194 Å². The van der Waals surface area contributed by atoms with Gasteiger partial charge in [-0.2, -0.15) is 0 Å². The first kappa shape index (κ1) is 41.4. The minimum absolute atomic E-state index is 0.844. The van der Waals surface area contributed by atoms with E-state index in [1.54, 1.807) is 0 Å². The zero-order chi connectivity index (χ0) is 48.0. The highest BCUT2D eigenvalue weighted by Crippen LogP contribution is 2.48. The number of thiophene rings is 1. The van der Waals surface area contributed by atoms with Crippen LogP contribution in [0.1, 0.15) is 0 Å². The fourth-order valence-electron chi connectivity index (χ4n) is 11.2. The van der Waals surface area contributed by atoms with Crippen molar-refractivity contribution in [3.8, 4) is 67.0 Å². The summed E-state index contributed by atoms with van der Waals surface area (Å²) in [7, 11) is 0. The quantitative estimate of drug-likeness (QED) is 0.156. The van der Waals surface area contributed by atoms with E-state index in [1.165, 1.54) is 64.0 Å². The minimum Gasteiger partial charge on any atom is -0.252 e. The molecule has 0 fully saturated rings. The summed E-state index contributed by atoms with van der Waals surface area (Å²) in [5.41, 5.74) is 16.7. The summed E-state index contributed by atoms with van der Waals surface area (Å²) in [6, 6.07) is 82.9. The Bertz CT molecular complexity index is 4360. The highest BCUT2D eigenvalue weighted by molar-refractivity contribution is 7.27. The van der Waals surface area contributed by atoms with Crippen LogP contribution in [-0.4, -0.2) is 19.9 Å². The molecule has 3 heterocycles. The number of hydrogen-bond acceptors (Lipinski definition) is 5. The maximum absolute atomic E-state index is 5.38. The predicted octanol–water partition coefficient (Wildman–Crippen LogP) is 18.6. The molecule has 4 nitrogen and oxygen atoms in total. The number of rotatable bonds is 6. The highest BCUT2D eigenvalue weighted by atomic mass is 32.1. The first-order valence-corrected chi connectivity index (χ1v) is 25.5. The van der Waals surface area contributed by atoms with E-state index in [4.69, 9.17) is 19.9 Å². The van der Waals surface area contributed by atoms with Gasteiger partial charge in [-0.3, -0.25) is 9.97 Å². The van der Waals surface area contributed by atoms with Gasteiger partial charge in [0, 0.05) is 64.0 Å². The smallest absolute Gasteiger partial charge is 0.0979 e. The van der Waals surface area contributed by atoms with Gasteiger partial charge in [0.05, 0.1) is 45.8 Å². The average Bonchev–Trinajstić information content (AvgIpc) is 3.86. The molecule has 0 bridgehead atoms. The lowest BCUT2D eigenvalue weighted by molar-refractivity contribution is 1.31. The van der Waals surface area contributed by atoms with E-state index >= 15 is 0 Å². The van der Waals surface area contributed by atoms with Gasteiger partial charge in [-0.05, 0) is 91.3 Å². The summed E-state index contributed by atoms with van der Waals surface area (Å²) in [6.45, 7) is 0. The van der Waals surface area contributed by atoms with Crippen molar-refractivity contribution in [3.05, 3.63) is 243 Å². The van der Waals surface area contributed by atoms with Crippen LogP contribution < -0.4 is 0 Å². The van der Waals surface area contributed by atoms with Crippen LogP contribution in [0, 0.1) is 0 Å². The van der Waals surface area contributed by atoms with Crippen molar-refractivity contribution >= 4 is 96.7 Å². The van der Waals surface area contributed by atoms with Crippen LogP contribution in [0.4, 0.5) is 0 Å². The summed E-state index contributed by atoms with van der Waals surface area (Å²) in [5, 5.41) is 11.6. The molecule has 12 aromatic carbocycles. The first-order valence-electron chi connectivity index (χ1n) is 24.7. The lowest BCUT2D eigenvalue weighted by atomic mass is 9.92.